The summed E-state index contributed by atoms with van der Waals surface area (Å²) < 4.78 is 0. The molecule has 8 nitrogen and oxygen atoms in total. The summed E-state index contributed by atoms with van der Waals surface area (Å²) >= 11 is 0. The zero-order valence-electron chi connectivity index (χ0n) is 16.1. The molecule has 8 heteroatoms. The lowest BCUT2D eigenvalue weighted by atomic mass is 9.85. The number of piperidine rings is 1. The van der Waals surface area contributed by atoms with Gasteiger partial charge in [-0.05, 0) is 30.5 Å². The van der Waals surface area contributed by atoms with Gasteiger partial charge in [-0.2, -0.15) is 0 Å². The van der Waals surface area contributed by atoms with Gasteiger partial charge in [-0.3, -0.25) is 9.69 Å². The highest BCUT2D eigenvalue weighted by Gasteiger charge is 2.56. The van der Waals surface area contributed by atoms with Crippen molar-refractivity contribution < 1.29 is 19.5 Å². The van der Waals surface area contributed by atoms with Crippen molar-refractivity contribution in [3.63, 3.8) is 0 Å². The van der Waals surface area contributed by atoms with Crippen molar-refractivity contribution in [2.45, 2.75) is 24.9 Å². The van der Waals surface area contributed by atoms with E-state index in [2.05, 4.69) is 4.98 Å². The van der Waals surface area contributed by atoms with Crippen molar-refractivity contribution in [3.05, 3.63) is 59.8 Å². The number of anilines is 1. The number of likely N-dealkylation sites (N-methyl/N-ethyl adjacent to an activating group) is 1. The molecule has 0 atom stereocenters. The highest BCUT2D eigenvalue weighted by Crippen LogP contribution is 2.39. The average molecular weight is 394 g/mol. The molecular weight excluding hydrogens is 372 g/mol. The van der Waals surface area contributed by atoms with Gasteiger partial charge < -0.3 is 14.9 Å². The molecule has 3 heterocycles. The number of aromatic nitrogens is 1. The van der Waals surface area contributed by atoms with Crippen molar-refractivity contribution in [2.75, 3.05) is 25.0 Å². The van der Waals surface area contributed by atoms with Crippen LogP contribution in [0.15, 0.2) is 48.7 Å². The summed E-state index contributed by atoms with van der Waals surface area (Å²) in [6.07, 6.45) is 2.40. The fraction of sp³-hybridized carbons (Fsp3) is 0.333. The van der Waals surface area contributed by atoms with Crippen LogP contribution in [0.2, 0.25) is 0 Å². The summed E-state index contributed by atoms with van der Waals surface area (Å²) in [5.74, 6) is -0.835. The Labute approximate surface area is 168 Å². The lowest BCUT2D eigenvalue weighted by molar-refractivity contribution is -0.133. The molecule has 1 N–H and O–H groups in total. The Bertz CT molecular complexity index is 954. The third-order valence-electron chi connectivity index (χ3n) is 5.83. The van der Waals surface area contributed by atoms with Gasteiger partial charge in [0.2, 0.25) is 0 Å². The minimum atomic E-state index is -1.04. The molecule has 3 amide bonds. The number of hydrogen-bond donors (Lipinski definition) is 1. The SMILES string of the molecule is CN1C(=O)N(Cc2ccccc2)C2(CCN(c3ncccc3C(=O)O)CC2)C1=O. The average Bonchev–Trinajstić information content (AvgIpc) is 2.91. The molecule has 4 rings (SSSR count). The van der Waals surface area contributed by atoms with E-state index in [4.69, 9.17) is 0 Å². The monoisotopic (exact) mass is 394 g/mol. The number of urea groups is 1. The first-order valence-electron chi connectivity index (χ1n) is 9.51. The number of benzene rings is 1. The van der Waals surface area contributed by atoms with Gasteiger partial charge in [0.1, 0.15) is 16.9 Å². The Morgan fingerprint density at radius 2 is 1.79 bits per heavy atom. The van der Waals surface area contributed by atoms with Crippen LogP contribution in [-0.4, -0.2) is 63.5 Å². The summed E-state index contributed by atoms with van der Waals surface area (Å²) in [4.78, 5) is 46.4. The van der Waals surface area contributed by atoms with Gasteiger partial charge in [0, 0.05) is 32.9 Å². The number of amides is 3. The second-order valence-corrected chi connectivity index (χ2v) is 7.42. The maximum absolute atomic E-state index is 13.0. The molecule has 29 heavy (non-hydrogen) atoms. The molecule has 1 spiro atoms. The number of rotatable bonds is 4. The van der Waals surface area contributed by atoms with Gasteiger partial charge in [-0.25, -0.2) is 14.6 Å². The molecule has 0 radical (unpaired) electrons. The summed E-state index contributed by atoms with van der Waals surface area (Å²) in [5, 5.41) is 9.44. The topological polar surface area (TPSA) is 94.1 Å². The van der Waals surface area contributed by atoms with Crippen LogP contribution >= 0.6 is 0 Å². The molecule has 0 aliphatic carbocycles. The minimum absolute atomic E-state index is 0.135. The van der Waals surface area contributed by atoms with E-state index in [0.29, 0.717) is 38.3 Å². The number of carboxylic acid groups (broad SMARTS) is 1. The Hall–Kier alpha value is -3.42. The van der Waals surface area contributed by atoms with E-state index in [1.807, 2.05) is 35.2 Å². The predicted octanol–water partition coefficient (Wildman–Crippen LogP) is 2.21. The number of pyridine rings is 1. The second kappa shape index (κ2) is 7.20. The zero-order chi connectivity index (χ0) is 20.6. The molecule has 0 unspecified atom stereocenters. The molecule has 1 aromatic carbocycles. The molecule has 2 aliphatic heterocycles. The van der Waals surface area contributed by atoms with Crippen molar-refractivity contribution in [1.82, 2.24) is 14.8 Å². The van der Waals surface area contributed by atoms with E-state index in [1.165, 1.54) is 18.0 Å². The van der Waals surface area contributed by atoms with Crippen molar-refractivity contribution in [3.8, 4) is 0 Å². The van der Waals surface area contributed by atoms with Crippen LogP contribution in [0.1, 0.15) is 28.8 Å². The lowest BCUT2D eigenvalue weighted by Gasteiger charge is -2.42. The first-order chi connectivity index (χ1) is 13.9. The highest BCUT2D eigenvalue weighted by molar-refractivity contribution is 6.07. The van der Waals surface area contributed by atoms with Crippen LogP contribution in [0.4, 0.5) is 10.6 Å². The summed E-state index contributed by atoms with van der Waals surface area (Å²) in [6, 6.07) is 12.4. The van der Waals surface area contributed by atoms with Crippen molar-refractivity contribution in [2.24, 2.45) is 0 Å². The number of nitrogens with zero attached hydrogens (tertiary/aromatic N) is 4. The standard InChI is InChI=1S/C21H22N4O4/c1-23-19(28)21(25(20(23)29)14-15-6-3-2-4-7-15)9-12-24(13-10-21)17-16(18(26)27)8-5-11-22-17/h2-8,11H,9-10,12-14H2,1H3,(H,26,27). The van der Waals surface area contributed by atoms with Crippen LogP contribution in [0.25, 0.3) is 0 Å². The van der Waals surface area contributed by atoms with E-state index in [-0.39, 0.29) is 17.5 Å². The van der Waals surface area contributed by atoms with Crippen LogP contribution in [0.3, 0.4) is 0 Å². The highest BCUT2D eigenvalue weighted by atomic mass is 16.4. The largest absolute Gasteiger partial charge is 0.478 e. The molecule has 2 aromatic rings. The van der Waals surface area contributed by atoms with Gasteiger partial charge in [0.25, 0.3) is 5.91 Å². The van der Waals surface area contributed by atoms with E-state index in [0.717, 1.165) is 5.56 Å². The number of hydrogen-bond acceptors (Lipinski definition) is 5. The molecule has 0 saturated carbocycles. The number of carbonyl (C=O) groups excluding carboxylic acids is 2. The minimum Gasteiger partial charge on any atom is -0.478 e. The first kappa shape index (κ1) is 18.9. The number of carbonyl (C=O) groups is 3. The zero-order valence-corrected chi connectivity index (χ0v) is 16.1. The van der Waals surface area contributed by atoms with Crippen molar-refractivity contribution >= 4 is 23.7 Å². The van der Waals surface area contributed by atoms with Gasteiger partial charge in [-0.1, -0.05) is 30.3 Å². The van der Waals surface area contributed by atoms with E-state index in [1.54, 1.807) is 17.2 Å². The molecule has 2 fully saturated rings. The Morgan fingerprint density at radius 3 is 2.45 bits per heavy atom. The van der Waals surface area contributed by atoms with Gasteiger partial charge >= 0.3 is 12.0 Å². The summed E-state index contributed by atoms with van der Waals surface area (Å²) in [7, 11) is 1.52. The maximum Gasteiger partial charge on any atom is 0.339 e. The molecule has 2 saturated heterocycles. The summed E-state index contributed by atoms with van der Waals surface area (Å²) in [6.45, 7) is 1.24. The van der Waals surface area contributed by atoms with Crippen molar-refractivity contribution in [1.29, 1.82) is 0 Å². The third-order valence-corrected chi connectivity index (χ3v) is 5.83. The van der Waals surface area contributed by atoms with Crippen LogP contribution < -0.4 is 4.90 Å². The number of aromatic carboxylic acids is 1. The van der Waals surface area contributed by atoms with Crippen LogP contribution in [0, 0.1) is 0 Å². The molecule has 150 valence electrons. The Balaban J connectivity index is 1.60. The van der Waals surface area contributed by atoms with E-state index in [9.17, 15) is 19.5 Å². The van der Waals surface area contributed by atoms with Crippen LogP contribution in [-0.2, 0) is 11.3 Å². The quantitative estimate of drug-likeness (QED) is 0.799. The predicted molar refractivity (Wildman–Crippen MR) is 106 cm³/mol. The maximum atomic E-state index is 13.0. The van der Waals surface area contributed by atoms with Gasteiger partial charge in [0.05, 0.1) is 0 Å². The first-order valence-corrected chi connectivity index (χ1v) is 9.51. The number of carboxylic acids is 1. The number of imide groups is 1. The van der Waals surface area contributed by atoms with Gasteiger partial charge in [0.15, 0.2) is 0 Å². The summed E-state index contributed by atoms with van der Waals surface area (Å²) in [5.41, 5.74) is 0.190. The molecule has 1 aromatic heterocycles. The van der Waals surface area contributed by atoms with E-state index >= 15 is 0 Å². The molecule has 0 bridgehead atoms. The smallest absolute Gasteiger partial charge is 0.339 e. The van der Waals surface area contributed by atoms with Crippen LogP contribution in [0.5, 0.6) is 0 Å². The molecular formula is C21H22N4O4. The fourth-order valence-corrected chi connectivity index (χ4v) is 4.25. The third kappa shape index (κ3) is 3.10. The normalized spacial score (nSPS) is 18.6. The second-order valence-electron chi connectivity index (χ2n) is 7.42. The van der Waals surface area contributed by atoms with Gasteiger partial charge in [-0.15, -0.1) is 0 Å². The lowest BCUT2D eigenvalue weighted by Crippen LogP contribution is -2.56. The molecule has 2 aliphatic rings. The van der Waals surface area contributed by atoms with E-state index < -0.39 is 11.5 Å². The Morgan fingerprint density at radius 1 is 1.10 bits per heavy atom. The fourth-order valence-electron chi connectivity index (χ4n) is 4.25. The Kier molecular flexibility index (Phi) is 4.70.